The van der Waals surface area contributed by atoms with E-state index in [-0.39, 0.29) is 0 Å². The number of carbonyl (C=O) groups is 1. The molecule has 0 aliphatic heterocycles. The lowest BCUT2D eigenvalue weighted by Gasteiger charge is -2.27. The summed E-state index contributed by atoms with van der Waals surface area (Å²) < 4.78 is 2.33. The normalized spacial score (nSPS) is 21.2. The second kappa shape index (κ2) is 3.51. The van der Waals surface area contributed by atoms with Crippen molar-refractivity contribution in [2.24, 2.45) is 5.92 Å². The predicted octanol–water partition coefficient (Wildman–Crippen LogP) is 2.81. The maximum absolute atomic E-state index is 11.7. The van der Waals surface area contributed by atoms with Crippen molar-refractivity contribution in [1.29, 1.82) is 0 Å². The van der Waals surface area contributed by atoms with Gasteiger partial charge in [-0.25, -0.2) is 0 Å². The van der Waals surface area contributed by atoms with E-state index in [0.29, 0.717) is 5.78 Å². The van der Waals surface area contributed by atoms with E-state index >= 15 is 0 Å². The number of hydrogen-bond acceptors (Lipinski definition) is 1. The van der Waals surface area contributed by atoms with Crippen molar-refractivity contribution in [3.8, 4) is 0 Å². The molecule has 0 radical (unpaired) electrons. The van der Waals surface area contributed by atoms with Gasteiger partial charge in [-0.2, -0.15) is 0 Å². The van der Waals surface area contributed by atoms with Crippen molar-refractivity contribution < 1.29 is 4.79 Å². The van der Waals surface area contributed by atoms with E-state index in [4.69, 9.17) is 0 Å². The van der Waals surface area contributed by atoms with E-state index in [9.17, 15) is 4.79 Å². The molecule has 1 fully saturated rings. The number of aromatic nitrogens is 1. The maximum atomic E-state index is 11.7. The molecule has 0 atom stereocenters. The molecule has 80 valence electrons. The SMILES string of the molecule is O=C1CCCc2c1ccn2CC1CCC1. The topological polar surface area (TPSA) is 22.0 Å². The first-order valence-electron chi connectivity index (χ1n) is 6.06. The van der Waals surface area contributed by atoms with Crippen LogP contribution in [0.25, 0.3) is 0 Å². The van der Waals surface area contributed by atoms with Crippen LogP contribution in [0.3, 0.4) is 0 Å². The smallest absolute Gasteiger partial charge is 0.164 e. The van der Waals surface area contributed by atoms with Crippen molar-refractivity contribution in [1.82, 2.24) is 4.57 Å². The van der Waals surface area contributed by atoms with Crippen molar-refractivity contribution in [2.75, 3.05) is 0 Å². The third kappa shape index (κ3) is 1.52. The van der Waals surface area contributed by atoms with Crippen LogP contribution >= 0.6 is 0 Å². The lowest BCUT2D eigenvalue weighted by molar-refractivity contribution is 0.0971. The molecule has 1 aromatic heterocycles. The van der Waals surface area contributed by atoms with Gasteiger partial charge in [-0.05, 0) is 37.7 Å². The van der Waals surface area contributed by atoms with Gasteiger partial charge in [0.25, 0.3) is 0 Å². The zero-order valence-corrected chi connectivity index (χ0v) is 9.04. The maximum Gasteiger partial charge on any atom is 0.164 e. The summed E-state index contributed by atoms with van der Waals surface area (Å²) in [6.45, 7) is 1.14. The molecule has 0 aromatic carbocycles. The number of nitrogens with zero attached hydrogens (tertiary/aromatic N) is 1. The second-order valence-electron chi connectivity index (χ2n) is 4.90. The van der Waals surface area contributed by atoms with Crippen LogP contribution in [0.5, 0.6) is 0 Å². The summed E-state index contributed by atoms with van der Waals surface area (Å²) in [5.41, 5.74) is 2.30. The van der Waals surface area contributed by atoms with Crippen molar-refractivity contribution in [3.63, 3.8) is 0 Å². The van der Waals surface area contributed by atoms with E-state index in [0.717, 1.165) is 37.3 Å². The van der Waals surface area contributed by atoms with E-state index < -0.39 is 0 Å². The zero-order valence-electron chi connectivity index (χ0n) is 9.04. The van der Waals surface area contributed by atoms with Gasteiger partial charge in [0.05, 0.1) is 0 Å². The van der Waals surface area contributed by atoms with Gasteiger partial charge in [0.15, 0.2) is 5.78 Å². The monoisotopic (exact) mass is 203 g/mol. The van der Waals surface area contributed by atoms with E-state index in [1.165, 1.54) is 25.0 Å². The van der Waals surface area contributed by atoms with Gasteiger partial charge < -0.3 is 4.57 Å². The van der Waals surface area contributed by atoms with E-state index in [2.05, 4.69) is 10.8 Å². The minimum atomic E-state index is 0.351. The van der Waals surface area contributed by atoms with Crippen LogP contribution in [-0.4, -0.2) is 10.4 Å². The zero-order chi connectivity index (χ0) is 10.3. The Balaban J connectivity index is 1.85. The van der Waals surface area contributed by atoms with Gasteiger partial charge in [-0.3, -0.25) is 4.79 Å². The van der Waals surface area contributed by atoms with Crippen LogP contribution in [0.2, 0.25) is 0 Å². The highest BCUT2D eigenvalue weighted by Crippen LogP contribution is 2.30. The fourth-order valence-electron chi connectivity index (χ4n) is 2.71. The Morgan fingerprint density at radius 2 is 2.13 bits per heavy atom. The third-order valence-corrected chi connectivity index (χ3v) is 3.88. The van der Waals surface area contributed by atoms with E-state index in [1.807, 2.05) is 6.07 Å². The number of fused-ring (bicyclic) bond motifs is 1. The van der Waals surface area contributed by atoms with Crippen LogP contribution in [0.1, 0.15) is 48.2 Å². The second-order valence-corrected chi connectivity index (χ2v) is 4.90. The number of ketones is 1. The summed E-state index contributed by atoms with van der Waals surface area (Å²) in [5.74, 6) is 1.22. The number of Topliss-reactive ketones (excluding diaryl/α,β-unsaturated/α-hetero) is 1. The Morgan fingerprint density at radius 3 is 2.87 bits per heavy atom. The largest absolute Gasteiger partial charge is 0.350 e. The molecule has 2 aliphatic rings. The third-order valence-electron chi connectivity index (χ3n) is 3.88. The Kier molecular flexibility index (Phi) is 2.15. The summed E-state index contributed by atoms with van der Waals surface area (Å²) >= 11 is 0. The molecule has 0 spiro atoms. The minimum Gasteiger partial charge on any atom is -0.350 e. The average Bonchev–Trinajstić information content (AvgIpc) is 2.56. The Morgan fingerprint density at radius 1 is 1.27 bits per heavy atom. The first-order chi connectivity index (χ1) is 7.34. The molecule has 2 heteroatoms. The van der Waals surface area contributed by atoms with Gasteiger partial charge >= 0.3 is 0 Å². The van der Waals surface area contributed by atoms with Gasteiger partial charge in [-0.1, -0.05) is 6.42 Å². The Labute approximate surface area is 90.3 Å². The van der Waals surface area contributed by atoms with Gasteiger partial charge in [-0.15, -0.1) is 0 Å². The fraction of sp³-hybridized carbons (Fsp3) is 0.615. The highest BCUT2D eigenvalue weighted by Gasteiger charge is 2.23. The molecular weight excluding hydrogens is 186 g/mol. The first kappa shape index (κ1) is 9.20. The number of rotatable bonds is 2. The van der Waals surface area contributed by atoms with Crippen LogP contribution in [0.4, 0.5) is 0 Å². The van der Waals surface area contributed by atoms with Crippen molar-refractivity contribution in [3.05, 3.63) is 23.5 Å². The summed E-state index contributed by atoms with van der Waals surface area (Å²) in [4.78, 5) is 11.7. The molecule has 3 rings (SSSR count). The van der Waals surface area contributed by atoms with Crippen LogP contribution in [0.15, 0.2) is 12.3 Å². The van der Waals surface area contributed by atoms with Crippen LogP contribution in [0, 0.1) is 5.92 Å². The van der Waals surface area contributed by atoms with Crippen molar-refractivity contribution in [2.45, 2.75) is 45.1 Å². The molecule has 0 N–H and O–H groups in total. The molecule has 2 aliphatic carbocycles. The Bertz CT molecular complexity index is 387. The molecule has 0 saturated heterocycles. The van der Waals surface area contributed by atoms with E-state index in [1.54, 1.807) is 0 Å². The molecule has 1 heterocycles. The minimum absolute atomic E-state index is 0.351. The predicted molar refractivity (Wildman–Crippen MR) is 59.0 cm³/mol. The molecule has 0 bridgehead atoms. The summed E-state index contributed by atoms with van der Waals surface area (Å²) in [6.07, 6.45) is 9.16. The average molecular weight is 203 g/mol. The first-order valence-corrected chi connectivity index (χ1v) is 6.06. The van der Waals surface area contributed by atoms with Crippen LogP contribution < -0.4 is 0 Å². The van der Waals surface area contributed by atoms with Crippen LogP contribution in [-0.2, 0) is 13.0 Å². The molecule has 1 aromatic rings. The quantitative estimate of drug-likeness (QED) is 0.724. The lowest BCUT2D eigenvalue weighted by atomic mass is 9.85. The fourth-order valence-corrected chi connectivity index (χ4v) is 2.71. The molecule has 0 unspecified atom stereocenters. The molecule has 2 nitrogen and oxygen atoms in total. The van der Waals surface area contributed by atoms with Gasteiger partial charge in [0.1, 0.15) is 0 Å². The standard InChI is InChI=1S/C13H17NO/c15-13-6-2-5-12-11(13)7-8-14(12)9-10-3-1-4-10/h7-8,10H,1-6,9H2. The highest BCUT2D eigenvalue weighted by molar-refractivity contribution is 5.98. The van der Waals surface area contributed by atoms with Gasteiger partial charge in [0, 0.05) is 30.4 Å². The lowest BCUT2D eigenvalue weighted by Crippen LogP contribution is -2.20. The van der Waals surface area contributed by atoms with Crippen molar-refractivity contribution >= 4 is 5.78 Å². The summed E-state index contributed by atoms with van der Waals surface area (Å²) in [6, 6.07) is 2.02. The molecule has 15 heavy (non-hydrogen) atoms. The molecule has 1 saturated carbocycles. The Hall–Kier alpha value is -1.05. The summed E-state index contributed by atoms with van der Waals surface area (Å²) in [5, 5.41) is 0. The number of hydrogen-bond donors (Lipinski definition) is 0. The highest BCUT2D eigenvalue weighted by atomic mass is 16.1. The summed E-state index contributed by atoms with van der Waals surface area (Å²) in [7, 11) is 0. The number of carbonyl (C=O) groups excluding carboxylic acids is 1. The molecular formula is C13H17NO. The van der Waals surface area contributed by atoms with Gasteiger partial charge in [0.2, 0.25) is 0 Å². The molecule has 0 amide bonds.